The van der Waals surface area contributed by atoms with E-state index in [0.717, 1.165) is 11.4 Å². The van der Waals surface area contributed by atoms with Gasteiger partial charge in [-0.1, -0.05) is 12.1 Å². The summed E-state index contributed by atoms with van der Waals surface area (Å²) in [4.78, 5) is 4.28. The van der Waals surface area contributed by atoms with E-state index in [2.05, 4.69) is 4.98 Å². The number of pyridine rings is 1. The third-order valence-electron chi connectivity index (χ3n) is 1.25. The van der Waals surface area contributed by atoms with Gasteiger partial charge >= 0.3 is 0 Å². The van der Waals surface area contributed by atoms with E-state index in [1.165, 1.54) is 0 Å². The Morgan fingerprint density at radius 1 is 1.40 bits per heavy atom. The first-order valence-corrected chi connectivity index (χ1v) is 3.39. The summed E-state index contributed by atoms with van der Waals surface area (Å²) in [5.41, 5.74) is 2.10. The van der Waals surface area contributed by atoms with Crippen LogP contribution in [0.1, 0.15) is 18.3 Å². The van der Waals surface area contributed by atoms with Gasteiger partial charge in [-0.3, -0.25) is 4.98 Å². The molecule has 10 heavy (non-hydrogen) atoms. The fourth-order valence-electron chi connectivity index (χ4n) is 0.828. The zero-order chi connectivity index (χ0) is 7.40. The third kappa shape index (κ3) is 1.69. The van der Waals surface area contributed by atoms with Gasteiger partial charge in [-0.25, -0.2) is 0 Å². The summed E-state index contributed by atoms with van der Waals surface area (Å²) in [5, 5.41) is 0. The Morgan fingerprint density at radius 2 is 2.20 bits per heavy atom. The van der Waals surface area contributed by atoms with Crippen LogP contribution in [0.25, 0.3) is 6.08 Å². The first-order valence-electron chi connectivity index (χ1n) is 3.39. The Hall–Kier alpha value is -1.11. The molecule has 1 aromatic rings. The van der Waals surface area contributed by atoms with E-state index in [1.807, 2.05) is 44.2 Å². The minimum absolute atomic E-state index is 1.03. The van der Waals surface area contributed by atoms with Gasteiger partial charge in [-0.15, -0.1) is 0 Å². The molecule has 0 atom stereocenters. The molecule has 0 spiro atoms. The number of rotatable bonds is 1. The standard InChI is InChI=1S/C9H11N/c1-3-5-9-7-4-6-8(2)10-9/h3-7H,1-2H3/b5-3+. The largest absolute Gasteiger partial charge is 0.254 e. The third-order valence-corrected chi connectivity index (χ3v) is 1.25. The van der Waals surface area contributed by atoms with Crippen LogP contribution < -0.4 is 0 Å². The van der Waals surface area contributed by atoms with Gasteiger partial charge in [-0.2, -0.15) is 0 Å². The molecule has 0 saturated carbocycles. The lowest BCUT2D eigenvalue weighted by Gasteiger charge is -1.92. The topological polar surface area (TPSA) is 12.9 Å². The lowest BCUT2D eigenvalue weighted by atomic mass is 10.3. The highest BCUT2D eigenvalue weighted by Crippen LogP contribution is 1.99. The second-order valence-corrected chi connectivity index (χ2v) is 2.20. The van der Waals surface area contributed by atoms with Crippen molar-refractivity contribution in [3.8, 4) is 0 Å². The average Bonchev–Trinajstić information content (AvgIpc) is 1.88. The zero-order valence-electron chi connectivity index (χ0n) is 6.33. The smallest absolute Gasteiger partial charge is 0.0629 e. The van der Waals surface area contributed by atoms with E-state index in [4.69, 9.17) is 0 Å². The summed E-state index contributed by atoms with van der Waals surface area (Å²) in [6.07, 6.45) is 3.98. The molecule has 0 unspecified atom stereocenters. The van der Waals surface area contributed by atoms with Crippen molar-refractivity contribution in [3.63, 3.8) is 0 Å². The predicted molar refractivity (Wildman–Crippen MR) is 43.7 cm³/mol. The van der Waals surface area contributed by atoms with Gasteiger partial charge in [-0.05, 0) is 32.1 Å². The van der Waals surface area contributed by atoms with Crippen LogP contribution in [-0.4, -0.2) is 4.98 Å². The number of aryl methyl sites for hydroxylation is 1. The first kappa shape index (κ1) is 7.00. The van der Waals surface area contributed by atoms with Crippen molar-refractivity contribution in [2.45, 2.75) is 13.8 Å². The van der Waals surface area contributed by atoms with Crippen LogP contribution in [0.5, 0.6) is 0 Å². The van der Waals surface area contributed by atoms with E-state index < -0.39 is 0 Å². The quantitative estimate of drug-likeness (QED) is 0.573. The zero-order valence-corrected chi connectivity index (χ0v) is 6.33. The maximum Gasteiger partial charge on any atom is 0.0629 e. The molecular formula is C9H11N. The van der Waals surface area contributed by atoms with Crippen molar-refractivity contribution in [2.24, 2.45) is 0 Å². The summed E-state index contributed by atoms with van der Waals surface area (Å²) in [6, 6.07) is 6.00. The summed E-state index contributed by atoms with van der Waals surface area (Å²) < 4.78 is 0. The van der Waals surface area contributed by atoms with Gasteiger partial charge in [0.2, 0.25) is 0 Å². The molecule has 1 nitrogen and oxygen atoms in total. The molecule has 0 bridgehead atoms. The Kier molecular flexibility index (Phi) is 2.21. The van der Waals surface area contributed by atoms with Crippen LogP contribution in [0, 0.1) is 6.92 Å². The minimum atomic E-state index is 1.03. The Bertz CT molecular complexity index is 238. The molecule has 0 amide bonds. The molecule has 1 rings (SSSR count). The van der Waals surface area contributed by atoms with E-state index >= 15 is 0 Å². The van der Waals surface area contributed by atoms with Crippen LogP contribution in [0.3, 0.4) is 0 Å². The van der Waals surface area contributed by atoms with Crippen molar-refractivity contribution in [1.29, 1.82) is 0 Å². The van der Waals surface area contributed by atoms with Crippen molar-refractivity contribution in [2.75, 3.05) is 0 Å². The molecule has 1 heteroatoms. The maximum absolute atomic E-state index is 4.28. The van der Waals surface area contributed by atoms with Crippen LogP contribution in [0.4, 0.5) is 0 Å². The molecule has 0 aromatic carbocycles. The summed E-state index contributed by atoms with van der Waals surface area (Å²) in [7, 11) is 0. The average molecular weight is 133 g/mol. The molecule has 0 fully saturated rings. The number of allylic oxidation sites excluding steroid dienone is 1. The van der Waals surface area contributed by atoms with E-state index in [9.17, 15) is 0 Å². The lowest BCUT2D eigenvalue weighted by Crippen LogP contribution is -1.82. The van der Waals surface area contributed by atoms with Crippen molar-refractivity contribution < 1.29 is 0 Å². The molecular weight excluding hydrogens is 122 g/mol. The number of hydrogen-bond donors (Lipinski definition) is 0. The van der Waals surface area contributed by atoms with Crippen LogP contribution in [0.2, 0.25) is 0 Å². The van der Waals surface area contributed by atoms with Crippen molar-refractivity contribution in [1.82, 2.24) is 4.98 Å². The highest BCUT2D eigenvalue weighted by molar-refractivity contribution is 5.43. The summed E-state index contributed by atoms with van der Waals surface area (Å²) >= 11 is 0. The number of hydrogen-bond acceptors (Lipinski definition) is 1. The van der Waals surface area contributed by atoms with Gasteiger partial charge in [0, 0.05) is 5.69 Å². The fourth-order valence-corrected chi connectivity index (χ4v) is 0.828. The molecule has 0 aliphatic heterocycles. The molecule has 0 N–H and O–H groups in total. The highest BCUT2D eigenvalue weighted by Gasteiger charge is 1.85. The molecule has 52 valence electrons. The van der Waals surface area contributed by atoms with Crippen molar-refractivity contribution in [3.05, 3.63) is 35.7 Å². The minimum Gasteiger partial charge on any atom is -0.254 e. The molecule has 0 aliphatic rings. The van der Waals surface area contributed by atoms with Crippen LogP contribution in [-0.2, 0) is 0 Å². The highest BCUT2D eigenvalue weighted by atomic mass is 14.7. The van der Waals surface area contributed by atoms with Gasteiger partial charge in [0.25, 0.3) is 0 Å². The normalized spacial score (nSPS) is 10.6. The van der Waals surface area contributed by atoms with Crippen molar-refractivity contribution >= 4 is 6.08 Å². The second-order valence-electron chi connectivity index (χ2n) is 2.20. The Balaban J connectivity index is 2.95. The van der Waals surface area contributed by atoms with Crippen LogP contribution >= 0.6 is 0 Å². The molecule has 0 radical (unpaired) electrons. The molecule has 0 aliphatic carbocycles. The van der Waals surface area contributed by atoms with E-state index in [1.54, 1.807) is 0 Å². The first-order chi connectivity index (χ1) is 4.83. The SMILES string of the molecule is C/C=C/c1cccc(C)n1. The van der Waals surface area contributed by atoms with Gasteiger partial charge in [0.05, 0.1) is 5.69 Å². The van der Waals surface area contributed by atoms with E-state index in [0.29, 0.717) is 0 Å². The second kappa shape index (κ2) is 3.16. The Labute approximate surface area is 61.4 Å². The molecule has 0 saturated heterocycles. The summed E-state index contributed by atoms with van der Waals surface area (Å²) in [5.74, 6) is 0. The van der Waals surface area contributed by atoms with Gasteiger partial charge in [0.15, 0.2) is 0 Å². The predicted octanol–water partition coefficient (Wildman–Crippen LogP) is 2.42. The van der Waals surface area contributed by atoms with Gasteiger partial charge < -0.3 is 0 Å². The van der Waals surface area contributed by atoms with Gasteiger partial charge in [0.1, 0.15) is 0 Å². The monoisotopic (exact) mass is 133 g/mol. The lowest BCUT2D eigenvalue weighted by molar-refractivity contribution is 1.18. The molecule has 1 heterocycles. The van der Waals surface area contributed by atoms with Crippen LogP contribution in [0.15, 0.2) is 24.3 Å². The summed E-state index contributed by atoms with van der Waals surface area (Å²) in [6.45, 7) is 3.98. The number of aromatic nitrogens is 1. The van der Waals surface area contributed by atoms with E-state index in [-0.39, 0.29) is 0 Å². The number of nitrogens with zero attached hydrogens (tertiary/aromatic N) is 1. The fraction of sp³-hybridized carbons (Fsp3) is 0.222. The Morgan fingerprint density at radius 3 is 2.80 bits per heavy atom. The molecule has 1 aromatic heterocycles. The maximum atomic E-state index is 4.28.